The predicted octanol–water partition coefficient (Wildman–Crippen LogP) is 4.04. The summed E-state index contributed by atoms with van der Waals surface area (Å²) < 4.78 is 0. The summed E-state index contributed by atoms with van der Waals surface area (Å²) >= 11 is 1.61. The van der Waals surface area contributed by atoms with Crippen molar-refractivity contribution >= 4 is 35.4 Å². The molecule has 4 amide bonds. The Labute approximate surface area is 214 Å². The van der Waals surface area contributed by atoms with Crippen molar-refractivity contribution in [1.29, 1.82) is 0 Å². The zero-order valence-corrected chi connectivity index (χ0v) is 21.1. The Balaban J connectivity index is 1.67. The standard InChI is InChI=1S/C28H27N3O4S/c1-16-13-18(14-31-27(34)21-7-4-5-8-22(21)28(31)35)11-12-19(16)20-9-6-10-23(25(29)32)24(20)26(33)30-17(2)15-36-3/h4-13,17H,14-15H2,1-3H3,(H2,29,32)(H,30,33)/t17-/m0/s1. The van der Waals surface area contributed by atoms with Gasteiger partial charge >= 0.3 is 0 Å². The van der Waals surface area contributed by atoms with Crippen molar-refractivity contribution in [2.45, 2.75) is 26.4 Å². The number of imide groups is 1. The molecule has 1 heterocycles. The molecule has 0 radical (unpaired) electrons. The van der Waals surface area contributed by atoms with E-state index in [2.05, 4.69) is 5.32 Å². The van der Waals surface area contributed by atoms with E-state index >= 15 is 0 Å². The van der Waals surface area contributed by atoms with Gasteiger partial charge in [0.05, 0.1) is 28.8 Å². The smallest absolute Gasteiger partial charge is 0.261 e. The van der Waals surface area contributed by atoms with Crippen LogP contribution in [0.15, 0.2) is 60.7 Å². The number of fused-ring (bicyclic) bond motifs is 1. The molecule has 1 atom stereocenters. The summed E-state index contributed by atoms with van der Waals surface area (Å²) in [4.78, 5) is 52.2. The number of carbonyl (C=O) groups is 4. The molecule has 1 aliphatic rings. The van der Waals surface area contributed by atoms with E-state index in [1.165, 1.54) is 4.90 Å². The van der Waals surface area contributed by atoms with Crippen LogP contribution in [0.1, 0.15) is 59.5 Å². The van der Waals surface area contributed by atoms with Gasteiger partial charge in [-0.1, -0.05) is 42.5 Å². The molecule has 0 saturated heterocycles. The van der Waals surface area contributed by atoms with Gasteiger partial charge in [0.2, 0.25) is 5.91 Å². The number of benzene rings is 3. The fourth-order valence-corrected chi connectivity index (χ4v) is 5.09. The third-order valence-electron chi connectivity index (χ3n) is 6.15. The molecule has 184 valence electrons. The van der Waals surface area contributed by atoms with E-state index in [1.54, 1.807) is 54.2 Å². The molecule has 0 spiro atoms. The Morgan fingerprint density at radius 3 is 2.17 bits per heavy atom. The molecule has 36 heavy (non-hydrogen) atoms. The molecule has 4 rings (SSSR count). The molecule has 7 nitrogen and oxygen atoms in total. The number of nitrogens with two attached hydrogens (primary N) is 1. The second-order valence-electron chi connectivity index (χ2n) is 8.81. The number of nitrogens with one attached hydrogen (secondary N) is 1. The minimum Gasteiger partial charge on any atom is -0.366 e. The van der Waals surface area contributed by atoms with Crippen LogP contribution in [0, 0.1) is 6.92 Å². The second-order valence-corrected chi connectivity index (χ2v) is 9.72. The predicted molar refractivity (Wildman–Crippen MR) is 141 cm³/mol. The maximum atomic E-state index is 13.2. The number of aryl methyl sites for hydroxylation is 1. The van der Waals surface area contributed by atoms with E-state index in [0.717, 1.165) is 22.4 Å². The second kappa shape index (κ2) is 10.4. The Morgan fingerprint density at radius 1 is 0.944 bits per heavy atom. The summed E-state index contributed by atoms with van der Waals surface area (Å²) in [6.45, 7) is 3.92. The van der Waals surface area contributed by atoms with Crippen LogP contribution >= 0.6 is 11.8 Å². The van der Waals surface area contributed by atoms with Crippen LogP contribution < -0.4 is 11.1 Å². The van der Waals surface area contributed by atoms with Crippen LogP contribution in [-0.4, -0.2) is 46.6 Å². The largest absolute Gasteiger partial charge is 0.366 e. The molecule has 0 aliphatic carbocycles. The van der Waals surface area contributed by atoms with Gasteiger partial charge in [-0.25, -0.2) is 0 Å². The van der Waals surface area contributed by atoms with Crippen LogP contribution in [0.4, 0.5) is 0 Å². The molecule has 0 fully saturated rings. The number of thioether (sulfide) groups is 1. The summed E-state index contributed by atoms with van der Waals surface area (Å²) in [5.74, 6) is -0.949. The van der Waals surface area contributed by atoms with Crippen molar-refractivity contribution in [3.63, 3.8) is 0 Å². The summed E-state index contributed by atoms with van der Waals surface area (Å²) in [5, 5.41) is 2.95. The van der Waals surface area contributed by atoms with Crippen molar-refractivity contribution in [1.82, 2.24) is 10.2 Å². The first-order valence-corrected chi connectivity index (χ1v) is 12.9. The van der Waals surface area contributed by atoms with Gasteiger partial charge in [0.25, 0.3) is 17.7 Å². The summed E-state index contributed by atoms with van der Waals surface area (Å²) in [6.07, 6.45) is 1.96. The molecule has 3 N–H and O–H groups in total. The maximum Gasteiger partial charge on any atom is 0.261 e. The lowest BCUT2D eigenvalue weighted by atomic mass is 9.91. The number of rotatable bonds is 8. The summed E-state index contributed by atoms with van der Waals surface area (Å²) in [6, 6.07) is 17.3. The lowest BCUT2D eigenvalue weighted by Gasteiger charge is -2.19. The SMILES string of the molecule is CSC[C@H](C)NC(=O)c1c(C(N)=O)cccc1-c1ccc(CN2C(=O)c3ccccc3C2=O)cc1C. The Hall–Kier alpha value is -3.91. The normalized spacial score (nSPS) is 13.5. The average molecular weight is 502 g/mol. The number of carbonyl (C=O) groups excluding carboxylic acids is 4. The van der Waals surface area contributed by atoms with Gasteiger partial charge in [0, 0.05) is 11.8 Å². The van der Waals surface area contributed by atoms with Crippen molar-refractivity contribution < 1.29 is 19.2 Å². The first-order chi connectivity index (χ1) is 17.2. The highest BCUT2D eigenvalue weighted by Gasteiger charge is 2.35. The lowest BCUT2D eigenvalue weighted by molar-refractivity contribution is 0.0641. The highest BCUT2D eigenvalue weighted by Crippen LogP contribution is 2.31. The number of primary amides is 1. The van der Waals surface area contributed by atoms with Gasteiger partial charge in [-0.15, -0.1) is 0 Å². The van der Waals surface area contributed by atoms with Gasteiger partial charge in [-0.3, -0.25) is 24.1 Å². The van der Waals surface area contributed by atoms with Crippen LogP contribution in [0.2, 0.25) is 0 Å². The van der Waals surface area contributed by atoms with E-state index in [9.17, 15) is 19.2 Å². The van der Waals surface area contributed by atoms with E-state index in [0.29, 0.717) is 16.7 Å². The summed E-state index contributed by atoms with van der Waals surface area (Å²) in [5.41, 5.74) is 9.76. The van der Waals surface area contributed by atoms with Gasteiger partial charge < -0.3 is 11.1 Å². The monoisotopic (exact) mass is 501 g/mol. The quantitative estimate of drug-likeness (QED) is 0.453. The third-order valence-corrected chi connectivity index (χ3v) is 6.98. The maximum absolute atomic E-state index is 13.2. The first kappa shape index (κ1) is 25.2. The van der Waals surface area contributed by atoms with E-state index < -0.39 is 5.91 Å². The number of amides is 4. The van der Waals surface area contributed by atoms with Crippen molar-refractivity contribution in [2.24, 2.45) is 5.73 Å². The van der Waals surface area contributed by atoms with Crippen molar-refractivity contribution in [3.8, 4) is 11.1 Å². The molecule has 0 bridgehead atoms. The highest BCUT2D eigenvalue weighted by molar-refractivity contribution is 7.98. The summed E-state index contributed by atoms with van der Waals surface area (Å²) in [7, 11) is 0. The third kappa shape index (κ3) is 4.77. The molecule has 3 aromatic rings. The molecule has 0 unspecified atom stereocenters. The van der Waals surface area contributed by atoms with E-state index in [-0.39, 0.29) is 41.4 Å². The zero-order valence-electron chi connectivity index (χ0n) is 20.3. The van der Waals surface area contributed by atoms with Crippen LogP contribution in [0.3, 0.4) is 0 Å². The number of hydrogen-bond donors (Lipinski definition) is 2. The molecule has 0 saturated carbocycles. The molecule has 8 heteroatoms. The van der Waals surface area contributed by atoms with Gasteiger partial charge in [0.1, 0.15) is 0 Å². The number of nitrogens with zero attached hydrogens (tertiary/aromatic N) is 1. The van der Waals surface area contributed by atoms with Crippen LogP contribution in [0.5, 0.6) is 0 Å². The molecule has 1 aliphatic heterocycles. The molecular weight excluding hydrogens is 474 g/mol. The van der Waals surface area contributed by atoms with Crippen LogP contribution in [0.25, 0.3) is 11.1 Å². The molecule has 3 aromatic carbocycles. The van der Waals surface area contributed by atoms with E-state index in [4.69, 9.17) is 5.73 Å². The molecular formula is C28H27N3O4S. The topological polar surface area (TPSA) is 110 Å². The van der Waals surface area contributed by atoms with Crippen molar-refractivity contribution in [2.75, 3.05) is 12.0 Å². The Bertz CT molecular complexity index is 1350. The number of hydrogen-bond acceptors (Lipinski definition) is 5. The first-order valence-electron chi connectivity index (χ1n) is 11.5. The zero-order chi connectivity index (χ0) is 26.0. The fourth-order valence-electron chi connectivity index (χ4n) is 4.51. The molecule has 0 aromatic heterocycles. The van der Waals surface area contributed by atoms with Crippen molar-refractivity contribution in [3.05, 3.63) is 94.0 Å². The van der Waals surface area contributed by atoms with Crippen LogP contribution in [-0.2, 0) is 6.54 Å². The Morgan fingerprint density at radius 2 is 1.58 bits per heavy atom. The Kier molecular flexibility index (Phi) is 7.26. The van der Waals surface area contributed by atoms with Gasteiger partial charge in [-0.05, 0) is 60.6 Å². The highest BCUT2D eigenvalue weighted by atomic mass is 32.2. The fraction of sp³-hybridized carbons (Fsp3) is 0.214. The minimum absolute atomic E-state index is 0.0931. The van der Waals surface area contributed by atoms with Gasteiger partial charge in [-0.2, -0.15) is 11.8 Å². The average Bonchev–Trinajstić information content (AvgIpc) is 3.08. The lowest BCUT2D eigenvalue weighted by Crippen LogP contribution is -2.36. The van der Waals surface area contributed by atoms with E-state index in [1.807, 2.05) is 38.3 Å². The van der Waals surface area contributed by atoms with Gasteiger partial charge in [0.15, 0.2) is 0 Å². The minimum atomic E-state index is -0.681.